The van der Waals surface area contributed by atoms with Gasteiger partial charge in [-0.2, -0.15) is 0 Å². The van der Waals surface area contributed by atoms with Crippen LogP contribution in [0.2, 0.25) is 0 Å². The van der Waals surface area contributed by atoms with Crippen molar-refractivity contribution in [1.29, 1.82) is 0 Å². The van der Waals surface area contributed by atoms with Gasteiger partial charge < -0.3 is 5.32 Å². The molecule has 1 heterocycles. The monoisotopic (exact) mass is 348 g/mol. The van der Waals surface area contributed by atoms with E-state index in [0.717, 1.165) is 17.8 Å². The van der Waals surface area contributed by atoms with E-state index in [-0.39, 0.29) is 5.91 Å². The van der Waals surface area contributed by atoms with E-state index < -0.39 is 0 Å². The van der Waals surface area contributed by atoms with Gasteiger partial charge in [0.25, 0.3) is 0 Å². The van der Waals surface area contributed by atoms with Crippen LogP contribution in [0, 0.1) is 0 Å². The molecule has 0 aliphatic carbocycles. The van der Waals surface area contributed by atoms with Crippen LogP contribution in [-0.2, 0) is 11.3 Å². The Kier molecular flexibility index (Phi) is 6.24. The van der Waals surface area contributed by atoms with Gasteiger partial charge >= 0.3 is 0 Å². The second-order valence-corrected chi connectivity index (χ2v) is 7.32. The third-order valence-electron chi connectivity index (χ3n) is 4.86. The number of nitrogens with zero attached hydrogens (tertiary/aromatic N) is 1. The molecule has 1 aliphatic rings. The lowest BCUT2D eigenvalue weighted by Crippen LogP contribution is -2.18. The number of carbonyl (C=O) groups is 1. The molecule has 1 saturated heterocycles. The smallest absolute Gasteiger partial charge is 0.248 e. The number of anilines is 1. The molecule has 2 aromatic rings. The fourth-order valence-corrected chi connectivity index (χ4v) is 3.24. The van der Waals surface area contributed by atoms with E-state index in [4.69, 9.17) is 0 Å². The number of likely N-dealkylation sites (tertiary alicyclic amines) is 1. The average Bonchev–Trinajstić information content (AvgIpc) is 3.15. The molecule has 3 heteroatoms. The summed E-state index contributed by atoms with van der Waals surface area (Å²) < 4.78 is 0. The summed E-state index contributed by atoms with van der Waals surface area (Å²) in [6.45, 7) is 7.74. The van der Waals surface area contributed by atoms with Gasteiger partial charge in [0, 0.05) is 18.3 Å². The molecule has 0 bridgehead atoms. The molecule has 1 aliphatic heterocycles. The lowest BCUT2D eigenvalue weighted by molar-refractivity contribution is -0.111. The standard InChI is InChI=1S/C23H28N2O/c1-18(2)21-10-5-19(6-11-21)9-14-23(26)24-22-12-7-20(8-13-22)17-25-15-3-4-16-25/h5-14,18H,3-4,15-17H2,1-2H3,(H,24,26). The summed E-state index contributed by atoms with van der Waals surface area (Å²) in [6.07, 6.45) is 6.05. The number of nitrogens with one attached hydrogen (secondary N) is 1. The number of benzene rings is 2. The molecule has 2 aromatic carbocycles. The van der Waals surface area contributed by atoms with E-state index in [9.17, 15) is 4.79 Å². The van der Waals surface area contributed by atoms with Crippen molar-refractivity contribution in [3.05, 3.63) is 71.3 Å². The van der Waals surface area contributed by atoms with E-state index in [1.165, 1.54) is 37.1 Å². The molecule has 1 N–H and O–H groups in total. The van der Waals surface area contributed by atoms with E-state index in [0.29, 0.717) is 5.92 Å². The molecule has 26 heavy (non-hydrogen) atoms. The fraction of sp³-hybridized carbons (Fsp3) is 0.348. The summed E-state index contributed by atoms with van der Waals surface area (Å²) in [5, 5.41) is 2.92. The quantitative estimate of drug-likeness (QED) is 0.740. The van der Waals surface area contributed by atoms with Crippen molar-refractivity contribution in [2.45, 2.75) is 39.2 Å². The molecule has 0 atom stereocenters. The predicted molar refractivity (Wildman–Crippen MR) is 109 cm³/mol. The molecular weight excluding hydrogens is 320 g/mol. The van der Waals surface area contributed by atoms with Gasteiger partial charge in [-0.05, 0) is 66.7 Å². The zero-order chi connectivity index (χ0) is 18.4. The summed E-state index contributed by atoms with van der Waals surface area (Å²) in [6, 6.07) is 16.5. The van der Waals surface area contributed by atoms with Crippen molar-refractivity contribution in [3.63, 3.8) is 0 Å². The van der Waals surface area contributed by atoms with Crippen LogP contribution >= 0.6 is 0 Å². The first kappa shape index (κ1) is 18.4. The van der Waals surface area contributed by atoms with Gasteiger partial charge in [0.15, 0.2) is 0 Å². The first-order valence-corrected chi connectivity index (χ1v) is 9.50. The Bertz CT molecular complexity index is 739. The largest absolute Gasteiger partial charge is 0.323 e. The van der Waals surface area contributed by atoms with E-state index in [2.05, 4.69) is 48.3 Å². The maximum atomic E-state index is 12.1. The zero-order valence-corrected chi connectivity index (χ0v) is 15.7. The van der Waals surface area contributed by atoms with Gasteiger partial charge in [0.05, 0.1) is 0 Å². The van der Waals surface area contributed by atoms with Gasteiger partial charge in [-0.25, -0.2) is 0 Å². The van der Waals surface area contributed by atoms with E-state index in [1.807, 2.05) is 30.3 Å². The SMILES string of the molecule is CC(C)c1ccc(C=CC(=O)Nc2ccc(CN3CCCC3)cc2)cc1. The van der Waals surface area contributed by atoms with Crippen LogP contribution in [0.4, 0.5) is 5.69 Å². The summed E-state index contributed by atoms with van der Waals surface area (Å²) >= 11 is 0. The van der Waals surface area contributed by atoms with Crippen LogP contribution < -0.4 is 5.32 Å². The maximum Gasteiger partial charge on any atom is 0.248 e. The Morgan fingerprint density at radius 2 is 1.69 bits per heavy atom. The Morgan fingerprint density at radius 1 is 1.04 bits per heavy atom. The number of rotatable bonds is 6. The Labute approximate surface area is 156 Å². The molecule has 0 spiro atoms. The number of amides is 1. The molecule has 136 valence electrons. The maximum absolute atomic E-state index is 12.1. The Hall–Kier alpha value is -2.39. The molecule has 0 radical (unpaired) electrons. The van der Waals surface area contributed by atoms with Crippen molar-refractivity contribution >= 4 is 17.7 Å². The topological polar surface area (TPSA) is 32.3 Å². The summed E-state index contributed by atoms with van der Waals surface area (Å²) in [5.74, 6) is 0.412. The van der Waals surface area contributed by atoms with Gasteiger partial charge in [0.2, 0.25) is 5.91 Å². The van der Waals surface area contributed by atoms with Crippen LogP contribution in [0.5, 0.6) is 0 Å². The molecule has 3 rings (SSSR count). The van der Waals surface area contributed by atoms with Crippen molar-refractivity contribution in [3.8, 4) is 0 Å². The average molecular weight is 348 g/mol. The fourth-order valence-electron chi connectivity index (χ4n) is 3.24. The lowest BCUT2D eigenvalue weighted by atomic mass is 10.0. The minimum Gasteiger partial charge on any atom is -0.323 e. The number of hydrogen-bond acceptors (Lipinski definition) is 2. The van der Waals surface area contributed by atoms with Crippen LogP contribution in [0.25, 0.3) is 6.08 Å². The van der Waals surface area contributed by atoms with Gasteiger partial charge in [-0.3, -0.25) is 9.69 Å². The molecule has 3 nitrogen and oxygen atoms in total. The van der Waals surface area contributed by atoms with Crippen molar-refractivity contribution < 1.29 is 4.79 Å². The van der Waals surface area contributed by atoms with E-state index in [1.54, 1.807) is 6.08 Å². The van der Waals surface area contributed by atoms with Crippen molar-refractivity contribution in [2.24, 2.45) is 0 Å². The highest BCUT2D eigenvalue weighted by atomic mass is 16.1. The minimum atomic E-state index is -0.106. The summed E-state index contributed by atoms with van der Waals surface area (Å²) in [5.41, 5.74) is 4.47. The van der Waals surface area contributed by atoms with Crippen LogP contribution in [-0.4, -0.2) is 23.9 Å². The summed E-state index contributed by atoms with van der Waals surface area (Å²) in [7, 11) is 0. The van der Waals surface area contributed by atoms with Gasteiger partial charge in [-0.1, -0.05) is 50.2 Å². The second-order valence-electron chi connectivity index (χ2n) is 7.32. The number of hydrogen-bond donors (Lipinski definition) is 1. The first-order chi connectivity index (χ1) is 12.6. The Morgan fingerprint density at radius 3 is 2.31 bits per heavy atom. The highest BCUT2D eigenvalue weighted by Crippen LogP contribution is 2.16. The second kappa shape index (κ2) is 8.81. The molecule has 0 saturated carbocycles. The van der Waals surface area contributed by atoms with E-state index >= 15 is 0 Å². The highest BCUT2D eigenvalue weighted by Gasteiger charge is 2.11. The lowest BCUT2D eigenvalue weighted by Gasteiger charge is -2.14. The first-order valence-electron chi connectivity index (χ1n) is 9.50. The van der Waals surface area contributed by atoms with Crippen LogP contribution in [0.1, 0.15) is 49.3 Å². The van der Waals surface area contributed by atoms with Crippen molar-refractivity contribution in [1.82, 2.24) is 4.90 Å². The Balaban J connectivity index is 1.52. The molecule has 1 fully saturated rings. The van der Waals surface area contributed by atoms with Gasteiger partial charge in [0.1, 0.15) is 0 Å². The molecular formula is C23H28N2O. The third kappa shape index (κ3) is 5.30. The summed E-state index contributed by atoms with van der Waals surface area (Å²) in [4.78, 5) is 14.6. The molecule has 0 aromatic heterocycles. The number of carbonyl (C=O) groups excluding carboxylic acids is 1. The van der Waals surface area contributed by atoms with Crippen LogP contribution in [0.3, 0.4) is 0 Å². The molecule has 0 unspecified atom stereocenters. The van der Waals surface area contributed by atoms with Crippen LogP contribution in [0.15, 0.2) is 54.6 Å². The van der Waals surface area contributed by atoms with Crippen molar-refractivity contribution in [2.75, 3.05) is 18.4 Å². The zero-order valence-electron chi connectivity index (χ0n) is 15.7. The molecule has 1 amide bonds. The van der Waals surface area contributed by atoms with Gasteiger partial charge in [-0.15, -0.1) is 0 Å². The highest BCUT2D eigenvalue weighted by molar-refractivity contribution is 6.01. The minimum absolute atomic E-state index is 0.106. The predicted octanol–water partition coefficient (Wildman–Crippen LogP) is 5.06. The normalized spacial score (nSPS) is 15.0. The third-order valence-corrected chi connectivity index (χ3v) is 4.86.